The minimum atomic E-state index is -0.595. The Balaban J connectivity index is 1.09. The predicted octanol–water partition coefficient (Wildman–Crippen LogP) is 13.5. The highest BCUT2D eigenvalue weighted by molar-refractivity contribution is 6.10. The van der Waals surface area contributed by atoms with Gasteiger partial charge in [0.25, 0.3) is 0 Å². The van der Waals surface area contributed by atoms with Gasteiger partial charge in [0.15, 0.2) is 0 Å². The highest BCUT2D eigenvalue weighted by atomic mass is 16.5. The van der Waals surface area contributed by atoms with Gasteiger partial charge >= 0.3 is 0 Å². The number of aromatic nitrogens is 1. The molecule has 3 heterocycles. The van der Waals surface area contributed by atoms with Crippen LogP contribution in [-0.4, -0.2) is 59.4 Å². The maximum atomic E-state index is 11.8. The van der Waals surface area contributed by atoms with Crippen LogP contribution in [0.4, 0.5) is 5.69 Å². The smallest absolute Gasteiger partial charge is 0.129 e. The zero-order valence-electron chi connectivity index (χ0n) is 34.9. The van der Waals surface area contributed by atoms with Crippen molar-refractivity contribution >= 4 is 38.3 Å². The Morgan fingerprint density at radius 3 is 1.91 bits per heavy atom. The topological polar surface area (TPSA) is 51.7 Å². The molecule has 2 aliphatic rings. The Morgan fingerprint density at radius 2 is 1.19 bits per heavy atom. The second-order valence-corrected chi connectivity index (χ2v) is 17.4. The molecule has 5 nitrogen and oxygen atoms in total. The molecular formula is C52H71N3O2. The van der Waals surface area contributed by atoms with Crippen molar-refractivity contribution in [1.82, 2.24) is 9.88 Å². The average Bonchev–Trinajstić information content (AvgIpc) is 3.62. The molecule has 0 aliphatic carbocycles. The van der Waals surface area contributed by atoms with Gasteiger partial charge in [-0.2, -0.15) is 0 Å². The van der Waals surface area contributed by atoms with Crippen molar-refractivity contribution in [2.45, 2.75) is 153 Å². The van der Waals surface area contributed by atoms with Crippen LogP contribution in [0.2, 0.25) is 0 Å². The van der Waals surface area contributed by atoms with Crippen molar-refractivity contribution in [2.75, 3.05) is 31.1 Å². The molecule has 0 spiro atoms. The Bertz CT molecular complexity index is 1950. The molecule has 57 heavy (non-hydrogen) atoms. The first-order valence-electron chi connectivity index (χ1n) is 23.2. The van der Waals surface area contributed by atoms with E-state index in [1.165, 1.54) is 138 Å². The first-order valence-corrected chi connectivity index (χ1v) is 23.2. The van der Waals surface area contributed by atoms with Gasteiger partial charge < -0.3 is 19.7 Å². The number of rotatable bonds is 6. The number of anilines is 1. The van der Waals surface area contributed by atoms with Crippen molar-refractivity contribution in [3.63, 3.8) is 0 Å². The molecule has 1 aromatic heterocycles. The highest BCUT2D eigenvalue weighted by Gasteiger charge is 2.28. The van der Waals surface area contributed by atoms with Gasteiger partial charge in [-0.05, 0) is 66.8 Å². The average molecular weight is 770 g/mol. The number of H-pyrrole nitrogens is 1. The molecule has 2 bridgehead atoms. The molecule has 2 aliphatic heterocycles. The number of fused-ring (bicyclic) bond motifs is 7. The summed E-state index contributed by atoms with van der Waals surface area (Å²) in [6.45, 7) is 2.90. The molecule has 2 unspecified atom stereocenters. The summed E-state index contributed by atoms with van der Waals surface area (Å²) >= 11 is 0. The van der Waals surface area contributed by atoms with E-state index in [0.717, 1.165) is 53.5 Å². The highest BCUT2D eigenvalue weighted by Crippen LogP contribution is 2.34. The lowest BCUT2D eigenvalue weighted by Gasteiger charge is -2.41. The number of aromatic amines is 1. The fraction of sp³-hybridized carbons (Fsp3) is 0.538. The van der Waals surface area contributed by atoms with Crippen LogP contribution in [0.15, 0.2) is 97.1 Å². The van der Waals surface area contributed by atoms with Crippen LogP contribution in [0, 0.1) is 0 Å². The molecule has 3 atom stereocenters. The van der Waals surface area contributed by atoms with Crippen LogP contribution in [0.3, 0.4) is 0 Å². The predicted molar refractivity (Wildman–Crippen MR) is 244 cm³/mol. The summed E-state index contributed by atoms with van der Waals surface area (Å²) in [5, 5.41) is 16.7. The maximum Gasteiger partial charge on any atom is 0.129 e. The lowest BCUT2D eigenvalue weighted by molar-refractivity contribution is 0.0465. The van der Waals surface area contributed by atoms with E-state index in [4.69, 9.17) is 4.74 Å². The van der Waals surface area contributed by atoms with Gasteiger partial charge in [0, 0.05) is 53.7 Å². The van der Waals surface area contributed by atoms with E-state index in [2.05, 4.69) is 99.7 Å². The Hall–Kier alpha value is -3.80. The largest absolute Gasteiger partial charge is 0.490 e. The zero-order valence-corrected chi connectivity index (χ0v) is 34.9. The first kappa shape index (κ1) is 41.4. The standard InChI is InChI=1S/C52H71N3O2/c56-47(41-57-51-34-25-33-50-52(51)48-31-22-23-32-49(48)53-50)40-54-39-46-30-21-20-29-44(54)28-17-15-13-11-9-7-5-3-1-2-4-6-8-10-12-14-16-24-37-55(46)45-36-35-42-26-18-19-27-43(42)38-45/h18-23,25-27,31-36,38,44,46-47,53,56H,1-17,24,28-30,37,39-41H2/b21-20-/t44?,46?,47-/m0/s1. The van der Waals surface area contributed by atoms with Crippen molar-refractivity contribution in [2.24, 2.45) is 0 Å². The third-order valence-electron chi connectivity index (χ3n) is 13.0. The lowest BCUT2D eigenvalue weighted by Crippen LogP contribution is -2.51. The van der Waals surface area contributed by atoms with E-state index in [1.54, 1.807) is 0 Å². The molecule has 2 N–H and O–H groups in total. The molecular weight excluding hydrogens is 699 g/mol. The van der Waals surface area contributed by atoms with E-state index in [-0.39, 0.29) is 6.61 Å². The van der Waals surface area contributed by atoms with Crippen LogP contribution in [0.25, 0.3) is 32.6 Å². The van der Waals surface area contributed by atoms with Crippen LogP contribution in [0.5, 0.6) is 5.75 Å². The number of aliphatic hydroxyl groups excluding tert-OH is 1. The number of ether oxygens (including phenoxy) is 1. The molecule has 306 valence electrons. The van der Waals surface area contributed by atoms with Gasteiger partial charge in [-0.3, -0.25) is 4.90 Å². The van der Waals surface area contributed by atoms with E-state index in [0.29, 0.717) is 18.6 Å². The summed E-state index contributed by atoms with van der Waals surface area (Å²) in [6.07, 6.45) is 32.2. The number of nitrogens with one attached hydrogen (secondary N) is 1. The normalized spacial score (nSPS) is 22.4. The van der Waals surface area contributed by atoms with E-state index < -0.39 is 6.10 Å². The summed E-state index contributed by atoms with van der Waals surface area (Å²) in [4.78, 5) is 8.93. The Labute approximate surface area is 343 Å². The Morgan fingerprint density at radius 1 is 0.596 bits per heavy atom. The number of nitrogens with zero attached hydrogens (tertiary/aromatic N) is 2. The monoisotopic (exact) mass is 770 g/mol. The Kier molecular flexibility index (Phi) is 16.2. The van der Waals surface area contributed by atoms with Crippen molar-refractivity contribution in [3.05, 3.63) is 97.1 Å². The summed E-state index contributed by atoms with van der Waals surface area (Å²) in [5.41, 5.74) is 3.51. The van der Waals surface area contributed by atoms with E-state index in [1.807, 2.05) is 12.1 Å². The van der Waals surface area contributed by atoms with Crippen LogP contribution in [-0.2, 0) is 0 Å². The fourth-order valence-corrected chi connectivity index (χ4v) is 9.77. The number of hydrogen-bond acceptors (Lipinski definition) is 4. The van der Waals surface area contributed by atoms with E-state index in [9.17, 15) is 5.11 Å². The van der Waals surface area contributed by atoms with E-state index >= 15 is 0 Å². The minimum absolute atomic E-state index is 0.275. The van der Waals surface area contributed by atoms with Crippen LogP contribution in [0.1, 0.15) is 135 Å². The van der Waals surface area contributed by atoms with Crippen molar-refractivity contribution in [1.29, 1.82) is 0 Å². The summed E-state index contributed by atoms with van der Waals surface area (Å²) in [7, 11) is 0. The molecule has 4 aromatic carbocycles. The summed E-state index contributed by atoms with van der Waals surface area (Å²) in [5.74, 6) is 0.837. The van der Waals surface area contributed by atoms with Gasteiger partial charge in [0.1, 0.15) is 18.5 Å². The van der Waals surface area contributed by atoms with Gasteiger partial charge in [0.2, 0.25) is 0 Å². The zero-order chi connectivity index (χ0) is 38.9. The van der Waals surface area contributed by atoms with Crippen LogP contribution >= 0.6 is 0 Å². The molecule has 1 saturated heterocycles. The van der Waals surface area contributed by atoms with Crippen LogP contribution < -0.4 is 9.64 Å². The SMILES string of the molecule is O[C@H](COc1cccc2[nH]c3ccccc3c12)CN1CC2C/C=C\CC1CCCCCCCCCCCCCCCCCCCCN2c1ccc2ccccc2c1. The molecule has 1 fully saturated rings. The number of benzene rings is 4. The fourth-order valence-electron chi connectivity index (χ4n) is 9.77. The molecule has 0 saturated carbocycles. The molecule has 5 heteroatoms. The maximum absolute atomic E-state index is 11.8. The second-order valence-electron chi connectivity index (χ2n) is 17.4. The first-order chi connectivity index (χ1) is 28.2. The minimum Gasteiger partial charge on any atom is -0.490 e. The van der Waals surface area contributed by atoms with Gasteiger partial charge in [-0.1, -0.05) is 176 Å². The van der Waals surface area contributed by atoms with Gasteiger partial charge in [-0.15, -0.1) is 0 Å². The molecule has 5 aromatic rings. The number of aliphatic hydroxyl groups is 1. The second kappa shape index (κ2) is 22.4. The van der Waals surface area contributed by atoms with Crippen molar-refractivity contribution in [3.8, 4) is 5.75 Å². The number of hydrogen-bond donors (Lipinski definition) is 2. The van der Waals surface area contributed by atoms with Gasteiger partial charge in [-0.25, -0.2) is 0 Å². The molecule has 0 amide bonds. The van der Waals surface area contributed by atoms with Crippen molar-refractivity contribution < 1.29 is 9.84 Å². The summed E-state index contributed by atoms with van der Waals surface area (Å²) < 4.78 is 6.51. The number of para-hydroxylation sites is 1. The lowest BCUT2D eigenvalue weighted by atomic mass is 9.97. The third kappa shape index (κ3) is 12.1. The molecule has 7 rings (SSSR count). The van der Waals surface area contributed by atoms with Gasteiger partial charge in [0.05, 0.1) is 5.52 Å². The third-order valence-corrected chi connectivity index (χ3v) is 13.0. The quantitative estimate of drug-likeness (QED) is 0.169. The summed E-state index contributed by atoms with van der Waals surface area (Å²) in [6, 6.07) is 31.2. The molecule has 0 radical (unpaired) electrons.